The van der Waals surface area contributed by atoms with E-state index < -0.39 is 0 Å². The zero-order valence-electron chi connectivity index (χ0n) is 11.9. The van der Waals surface area contributed by atoms with Crippen molar-refractivity contribution >= 4 is 50.5 Å². The lowest BCUT2D eigenvalue weighted by Crippen LogP contribution is -2.12. The third-order valence-corrected chi connectivity index (χ3v) is 5.19. The van der Waals surface area contributed by atoms with Gasteiger partial charge in [-0.1, -0.05) is 30.3 Å². The molecule has 0 atom stereocenters. The summed E-state index contributed by atoms with van der Waals surface area (Å²) in [5.74, 6) is -0.380. The number of aliphatic imine (C=N–C) groups is 1. The number of nitrogens with two attached hydrogens (primary N) is 1. The number of amides is 1. The fourth-order valence-electron chi connectivity index (χ4n) is 2.60. The van der Waals surface area contributed by atoms with E-state index in [0.29, 0.717) is 5.56 Å². The van der Waals surface area contributed by atoms with Crippen LogP contribution in [0.4, 0.5) is 5.00 Å². The van der Waals surface area contributed by atoms with Crippen LogP contribution in [0.1, 0.15) is 32.8 Å². The first kappa shape index (κ1) is 15.2. The van der Waals surface area contributed by atoms with E-state index in [0.717, 1.165) is 39.9 Å². The van der Waals surface area contributed by atoms with Crippen molar-refractivity contribution in [3.63, 3.8) is 0 Å². The molecule has 1 amide bonds. The smallest absolute Gasteiger partial charge is 0.252 e. The Kier molecular flexibility index (Phi) is 4.55. The molecule has 0 saturated carbocycles. The maximum atomic E-state index is 11.7. The average Bonchev–Trinajstić information content (AvgIpc) is 3.05. The van der Waals surface area contributed by atoms with Crippen molar-refractivity contribution in [1.82, 2.24) is 0 Å². The van der Waals surface area contributed by atoms with Crippen molar-refractivity contribution in [3.05, 3.63) is 56.4 Å². The number of thiophene rings is 1. The van der Waals surface area contributed by atoms with Crippen LogP contribution in [0, 0.1) is 0 Å². The first-order valence-electron chi connectivity index (χ1n) is 7.06. The molecule has 0 fully saturated rings. The Morgan fingerprint density at radius 3 is 2.77 bits per heavy atom. The number of rotatable bonds is 4. The molecule has 0 bridgehead atoms. The average molecular weight is 375 g/mol. The van der Waals surface area contributed by atoms with Crippen LogP contribution in [0.3, 0.4) is 0 Å². The van der Waals surface area contributed by atoms with Gasteiger partial charge in [-0.25, -0.2) is 4.99 Å². The molecular weight excluding hydrogens is 360 g/mol. The summed E-state index contributed by atoms with van der Waals surface area (Å²) in [4.78, 5) is 17.4. The molecule has 2 N–H and O–H groups in total. The van der Waals surface area contributed by atoms with E-state index in [4.69, 9.17) is 5.73 Å². The van der Waals surface area contributed by atoms with Crippen LogP contribution in [0.5, 0.6) is 0 Å². The van der Waals surface area contributed by atoms with E-state index in [2.05, 4.69) is 20.9 Å². The van der Waals surface area contributed by atoms with Crippen LogP contribution in [0.15, 0.2) is 39.8 Å². The Bertz CT molecular complexity index is 762. The predicted octanol–water partition coefficient (Wildman–Crippen LogP) is 4.47. The van der Waals surface area contributed by atoms with Crippen LogP contribution < -0.4 is 5.73 Å². The number of hydrogen-bond donors (Lipinski definition) is 1. The number of primary amides is 1. The number of carbonyl (C=O) groups excluding carboxylic acids is 1. The van der Waals surface area contributed by atoms with Gasteiger partial charge in [-0.2, -0.15) is 0 Å². The SMILES string of the molecule is NC(=O)c1c(N=C/C(Br)=C/c2ccccc2)sc2c1CCC2. The van der Waals surface area contributed by atoms with Crippen LogP contribution in [-0.2, 0) is 12.8 Å². The van der Waals surface area contributed by atoms with E-state index in [1.807, 2.05) is 36.4 Å². The van der Waals surface area contributed by atoms with Crippen molar-refractivity contribution in [2.75, 3.05) is 0 Å². The molecule has 2 aromatic rings. The van der Waals surface area contributed by atoms with Crippen LogP contribution in [0.2, 0.25) is 0 Å². The first-order chi connectivity index (χ1) is 10.6. The summed E-state index contributed by atoms with van der Waals surface area (Å²) in [6.07, 6.45) is 6.76. The van der Waals surface area contributed by atoms with Crippen molar-refractivity contribution in [2.24, 2.45) is 10.7 Å². The minimum atomic E-state index is -0.380. The molecule has 3 nitrogen and oxygen atoms in total. The van der Waals surface area contributed by atoms with Gasteiger partial charge in [0.2, 0.25) is 0 Å². The number of allylic oxidation sites excluding steroid dienone is 1. The van der Waals surface area contributed by atoms with Crippen molar-refractivity contribution in [3.8, 4) is 0 Å². The van der Waals surface area contributed by atoms with E-state index in [9.17, 15) is 4.79 Å². The van der Waals surface area contributed by atoms with Gasteiger partial charge in [-0.3, -0.25) is 4.79 Å². The highest BCUT2D eigenvalue weighted by molar-refractivity contribution is 9.12. The second-order valence-electron chi connectivity index (χ2n) is 5.10. The van der Waals surface area contributed by atoms with Gasteiger partial charge in [0.25, 0.3) is 5.91 Å². The molecule has 0 spiro atoms. The number of nitrogens with zero attached hydrogens (tertiary/aromatic N) is 1. The molecule has 1 aliphatic carbocycles. The molecule has 5 heteroatoms. The highest BCUT2D eigenvalue weighted by Crippen LogP contribution is 2.40. The van der Waals surface area contributed by atoms with E-state index in [1.54, 1.807) is 17.6 Å². The molecule has 3 rings (SSSR count). The van der Waals surface area contributed by atoms with E-state index in [-0.39, 0.29) is 5.91 Å². The number of hydrogen-bond acceptors (Lipinski definition) is 3. The molecule has 0 unspecified atom stereocenters. The normalized spacial score (nSPS) is 14.5. The minimum absolute atomic E-state index is 0.380. The van der Waals surface area contributed by atoms with E-state index in [1.165, 1.54) is 4.88 Å². The van der Waals surface area contributed by atoms with Crippen molar-refractivity contribution in [2.45, 2.75) is 19.3 Å². The maximum absolute atomic E-state index is 11.7. The molecule has 1 heterocycles. The monoisotopic (exact) mass is 374 g/mol. The molecule has 0 saturated heterocycles. The van der Waals surface area contributed by atoms with Gasteiger partial charge in [0.05, 0.1) is 5.56 Å². The lowest BCUT2D eigenvalue weighted by molar-refractivity contribution is 0.100. The largest absolute Gasteiger partial charge is 0.365 e. The predicted molar refractivity (Wildman–Crippen MR) is 96.4 cm³/mol. The second-order valence-corrected chi connectivity index (χ2v) is 7.10. The highest BCUT2D eigenvalue weighted by Gasteiger charge is 2.24. The van der Waals surface area contributed by atoms with Gasteiger partial charge in [0, 0.05) is 15.6 Å². The molecule has 112 valence electrons. The third kappa shape index (κ3) is 3.20. The fourth-order valence-corrected chi connectivity index (χ4v) is 4.21. The Morgan fingerprint density at radius 2 is 2.05 bits per heavy atom. The molecule has 0 aliphatic heterocycles. The third-order valence-electron chi connectivity index (χ3n) is 3.56. The lowest BCUT2D eigenvalue weighted by Gasteiger charge is -1.98. The van der Waals surface area contributed by atoms with Gasteiger partial charge < -0.3 is 5.73 Å². The topological polar surface area (TPSA) is 55.5 Å². The Labute approximate surface area is 141 Å². The maximum Gasteiger partial charge on any atom is 0.252 e. The lowest BCUT2D eigenvalue weighted by atomic mass is 10.1. The highest BCUT2D eigenvalue weighted by atomic mass is 79.9. The summed E-state index contributed by atoms with van der Waals surface area (Å²) >= 11 is 5.07. The first-order valence-corrected chi connectivity index (χ1v) is 8.67. The quantitative estimate of drug-likeness (QED) is 0.788. The van der Waals surface area contributed by atoms with Crippen molar-refractivity contribution in [1.29, 1.82) is 0 Å². The van der Waals surface area contributed by atoms with Crippen LogP contribution in [-0.4, -0.2) is 12.1 Å². The van der Waals surface area contributed by atoms with Gasteiger partial charge in [-0.15, -0.1) is 11.3 Å². The Balaban J connectivity index is 1.87. The summed E-state index contributed by atoms with van der Waals surface area (Å²) in [5, 5.41) is 0.718. The van der Waals surface area contributed by atoms with Gasteiger partial charge in [-0.05, 0) is 52.4 Å². The number of fused-ring (bicyclic) bond motifs is 1. The second kappa shape index (κ2) is 6.58. The number of benzene rings is 1. The summed E-state index contributed by atoms with van der Waals surface area (Å²) < 4.78 is 0.850. The molecule has 1 aromatic carbocycles. The number of aryl methyl sites for hydroxylation is 1. The molecule has 22 heavy (non-hydrogen) atoms. The van der Waals surface area contributed by atoms with Crippen LogP contribution in [0.25, 0.3) is 6.08 Å². The standard InChI is InChI=1S/C17H15BrN2OS/c18-12(9-11-5-2-1-3-6-11)10-20-17-15(16(19)21)13-7-4-8-14(13)22-17/h1-3,5-6,9-10H,4,7-8H2,(H2,19,21)/b12-9-,20-10?. The summed E-state index contributed by atoms with van der Waals surface area (Å²) in [5.41, 5.74) is 8.33. The van der Waals surface area contributed by atoms with Gasteiger partial charge >= 0.3 is 0 Å². The molecule has 0 radical (unpaired) electrons. The number of carbonyl (C=O) groups is 1. The fraction of sp³-hybridized carbons (Fsp3) is 0.176. The number of halogens is 1. The summed E-state index contributed by atoms with van der Waals surface area (Å²) in [7, 11) is 0. The summed E-state index contributed by atoms with van der Waals surface area (Å²) in [6, 6.07) is 9.98. The van der Waals surface area contributed by atoms with Gasteiger partial charge in [0.1, 0.15) is 5.00 Å². The molecular formula is C17H15BrN2OS. The van der Waals surface area contributed by atoms with Crippen LogP contribution >= 0.6 is 27.3 Å². The zero-order chi connectivity index (χ0) is 15.5. The Hall–Kier alpha value is -1.72. The van der Waals surface area contributed by atoms with Crippen molar-refractivity contribution < 1.29 is 4.79 Å². The molecule has 1 aromatic heterocycles. The molecule has 1 aliphatic rings. The van der Waals surface area contributed by atoms with E-state index >= 15 is 0 Å². The summed E-state index contributed by atoms with van der Waals surface area (Å²) in [6.45, 7) is 0. The Morgan fingerprint density at radius 1 is 1.27 bits per heavy atom. The van der Waals surface area contributed by atoms with Gasteiger partial charge in [0.15, 0.2) is 0 Å². The zero-order valence-corrected chi connectivity index (χ0v) is 14.3. The minimum Gasteiger partial charge on any atom is -0.365 e.